The molecule has 4 nitrogen and oxygen atoms in total. The van der Waals surface area contributed by atoms with E-state index in [1.54, 1.807) is 31.2 Å². The van der Waals surface area contributed by atoms with E-state index in [-0.39, 0.29) is 11.1 Å². The molecule has 1 unspecified atom stereocenters. The summed E-state index contributed by atoms with van der Waals surface area (Å²) in [6.07, 6.45) is 0. The lowest BCUT2D eigenvalue weighted by Crippen LogP contribution is -2.23. The Morgan fingerprint density at radius 2 is 1.92 bits per heavy atom. The monoisotopic (exact) mass is 375 g/mol. The van der Waals surface area contributed by atoms with Crippen LogP contribution in [0.25, 0.3) is 11.0 Å². The fourth-order valence-corrected chi connectivity index (χ4v) is 3.54. The van der Waals surface area contributed by atoms with Crippen LogP contribution in [0.4, 0.5) is 14.5 Å². The Kier molecular flexibility index (Phi) is 5.27. The largest absolute Gasteiger partial charge is 0.325 e. The Hall–Kier alpha value is -2.41. The van der Waals surface area contributed by atoms with E-state index >= 15 is 0 Å². The summed E-state index contributed by atoms with van der Waals surface area (Å²) in [5.74, 6) is -0.253. The molecule has 0 aliphatic heterocycles. The highest BCUT2D eigenvalue weighted by Gasteiger charge is 2.23. The number of carbonyl (C=O) groups excluding carboxylic acids is 1. The number of anilines is 1. The number of thioether (sulfide) groups is 1. The van der Waals surface area contributed by atoms with Crippen molar-refractivity contribution in [2.75, 3.05) is 5.32 Å². The number of imidazole rings is 1. The van der Waals surface area contributed by atoms with Gasteiger partial charge in [0.2, 0.25) is 5.91 Å². The summed E-state index contributed by atoms with van der Waals surface area (Å²) in [6, 6.07) is 12.5. The van der Waals surface area contributed by atoms with Gasteiger partial charge in [0.15, 0.2) is 5.16 Å². The molecule has 1 heterocycles. The molecule has 3 aromatic rings. The number of para-hydroxylation sites is 2. The van der Waals surface area contributed by atoms with Crippen molar-refractivity contribution in [1.82, 2.24) is 9.55 Å². The molecule has 0 spiro atoms. The molecule has 136 valence electrons. The molecule has 1 aromatic heterocycles. The van der Waals surface area contributed by atoms with Crippen molar-refractivity contribution in [3.05, 3.63) is 53.6 Å². The molecule has 0 aliphatic rings. The Labute approximate surface area is 154 Å². The number of fused-ring (bicyclic) bond motifs is 1. The van der Waals surface area contributed by atoms with E-state index in [1.165, 1.54) is 0 Å². The predicted octanol–water partition coefficient (Wildman–Crippen LogP) is 5.17. The molecule has 2 aromatic carbocycles. The second-order valence-corrected chi connectivity index (χ2v) is 7.41. The number of nitrogens with one attached hydrogen (secondary N) is 1. The van der Waals surface area contributed by atoms with Crippen LogP contribution >= 0.6 is 11.8 Å². The highest BCUT2D eigenvalue weighted by molar-refractivity contribution is 8.00. The van der Waals surface area contributed by atoms with Gasteiger partial charge in [0.1, 0.15) is 0 Å². The van der Waals surface area contributed by atoms with Gasteiger partial charge in [-0.25, -0.2) is 4.98 Å². The molecular formula is C19H19F2N3OS. The number of hydrogen-bond donors (Lipinski definition) is 1. The third-order valence-electron chi connectivity index (χ3n) is 4.06. The van der Waals surface area contributed by atoms with Gasteiger partial charge < -0.3 is 5.32 Å². The quantitative estimate of drug-likeness (QED) is 0.626. The molecule has 26 heavy (non-hydrogen) atoms. The van der Waals surface area contributed by atoms with Crippen molar-refractivity contribution in [1.29, 1.82) is 0 Å². The van der Waals surface area contributed by atoms with Gasteiger partial charge in [-0.2, -0.15) is 8.78 Å². The van der Waals surface area contributed by atoms with Gasteiger partial charge in [0, 0.05) is 5.69 Å². The molecule has 0 saturated carbocycles. The molecule has 0 saturated heterocycles. The minimum Gasteiger partial charge on any atom is -0.325 e. The summed E-state index contributed by atoms with van der Waals surface area (Å²) in [5, 5.41) is 2.42. The lowest BCUT2D eigenvalue weighted by Gasteiger charge is -2.14. The molecule has 0 aliphatic carbocycles. The molecule has 7 heteroatoms. The number of carbonyl (C=O) groups is 1. The second-order valence-electron chi connectivity index (χ2n) is 6.10. The number of aryl methyl sites for hydroxylation is 2. The standard InChI is InChI=1S/C19H19F2N3OS/c1-11-8-9-12(2)15(10-11)22-17(25)13(3)26-19-23-14-6-4-5-7-16(14)24(19)18(20)21/h4-10,13,18H,1-3H3,(H,22,25). The van der Waals surface area contributed by atoms with Crippen LogP contribution in [-0.4, -0.2) is 20.7 Å². The highest BCUT2D eigenvalue weighted by Crippen LogP contribution is 2.32. The normalized spacial score (nSPS) is 12.5. The maximum absolute atomic E-state index is 13.5. The van der Waals surface area contributed by atoms with Crippen molar-refractivity contribution in [2.45, 2.75) is 37.7 Å². The number of amides is 1. The average Bonchev–Trinajstić information content (AvgIpc) is 2.96. The fourth-order valence-electron chi connectivity index (χ4n) is 2.61. The number of alkyl halides is 2. The number of aromatic nitrogens is 2. The zero-order valence-corrected chi connectivity index (χ0v) is 15.5. The Morgan fingerprint density at radius 3 is 2.65 bits per heavy atom. The number of rotatable bonds is 5. The Bertz CT molecular complexity index is 955. The first kappa shape index (κ1) is 18.4. The smallest absolute Gasteiger partial charge is 0.321 e. The topological polar surface area (TPSA) is 46.9 Å². The minimum atomic E-state index is -2.72. The van der Waals surface area contributed by atoms with Crippen molar-refractivity contribution >= 4 is 34.4 Å². The molecule has 1 amide bonds. The van der Waals surface area contributed by atoms with E-state index in [9.17, 15) is 13.6 Å². The summed E-state index contributed by atoms with van der Waals surface area (Å²) >= 11 is 1.02. The molecule has 0 radical (unpaired) electrons. The number of hydrogen-bond acceptors (Lipinski definition) is 3. The maximum Gasteiger partial charge on any atom is 0.321 e. The predicted molar refractivity (Wildman–Crippen MR) is 101 cm³/mol. The van der Waals surface area contributed by atoms with Crippen molar-refractivity contribution in [2.24, 2.45) is 0 Å². The third-order valence-corrected chi connectivity index (χ3v) is 5.13. The molecule has 1 atom stereocenters. The van der Waals surface area contributed by atoms with Crippen LogP contribution in [0.1, 0.15) is 24.6 Å². The SMILES string of the molecule is Cc1ccc(C)c(NC(=O)C(C)Sc2nc3ccccc3n2C(F)F)c1. The van der Waals surface area contributed by atoms with Gasteiger partial charge in [-0.3, -0.25) is 9.36 Å². The Balaban J connectivity index is 1.82. The molecule has 0 bridgehead atoms. The molecule has 3 rings (SSSR count). The van der Waals surface area contributed by atoms with Gasteiger partial charge in [-0.1, -0.05) is 36.0 Å². The summed E-state index contributed by atoms with van der Waals surface area (Å²) in [4.78, 5) is 16.8. The molecule has 0 fully saturated rings. The van der Waals surface area contributed by atoms with Crippen LogP contribution in [0.2, 0.25) is 0 Å². The van der Waals surface area contributed by atoms with Gasteiger partial charge >= 0.3 is 6.55 Å². The van der Waals surface area contributed by atoms with E-state index < -0.39 is 11.8 Å². The van der Waals surface area contributed by atoms with Crippen LogP contribution < -0.4 is 5.32 Å². The number of benzene rings is 2. The van der Waals surface area contributed by atoms with Gasteiger partial charge in [0.05, 0.1) is 16.3 Å². The van der Waals surface area contributed by atoms with Gasteiger partial charge in [0.25, 0.3) is 0 Å². The van der Waals surface area contributed by atoms with Gasteiger partial charge in [-0.15, -0.1) is 0 Å². The van der Waals surface area contributed by atoms with Crippen LogP contribution in [0.5, 0.6) is 0 Å². The maximum atomic E-state index is 13.5. The average molecular weight is 375 g/mol. The number of halogens is 2. The van der Waals surface area contributed by atoms with Crippen LogP contribution in [0.15, 0.2) is 47.6 Å². The first-order valence-electron chi connectivity index (χ1n) is 8.16. The van der Waals surface area contributed by atoms with Crippen molar-refractivity contribution in [3.8, 4) is 0 Å². The third kappa shape index (κ3) is 3.72. The van der Waals surface area contributed by atoms with Crippen LogP contribution in [0.3, 0.4) is 0 Å². The first-order valence-corrected chi connectivity index (χ1v) is 9.04. The first-order chi connectivity index (χ1) is 12.4. The van der Waals surface area contributed by atoms with Crippen LogP contribution in [0, 0.1) is 13.8 Å². The number of nitrogens with zero attached hydrogens (tertiary/aromatic N) is 2. The van der Waals surface area contributed by atoms with Crippen molar-refractivity contribution in [3.63, 3.8) is 0 Å². The second kappa shape index (κ2) is 7.45. The highest BCUT2D eigenvalue weighted by atomic mass is 32.2. The molecule has 1 N–H and O–H groups in total. The Morgan fingerprint density at radius 1 is 1.19 bits per heavy atom. The van der Waals surface area contributed by atoms with E-state index in [0.717, 1.165) is 33.1 Å². The lowest BCUT2D eigenvalue weighted by molar-refractivity contribution is -0.115. The minimum absolute atomic E-state index is 0.129. The van der Waals surface area contributed by atoms with E-state index in [1.807, 2.05) is 32.0 Å². The summed E-state index contributed by atoms with van der Waals surface area (Å²) in [6.45, 7) is 2.81. The lowest BCUT2D eigenvalue weighted by atomic mass is 10.1. The van der Waals surface area contributed by atoms with Crippen molar-refractivity contribution < 1.29 is 13.6 Å². The zero-order chi connectivity index (χ0) is 18.8. The van der Waals surface area contributed by atoms with E-state index in [2.05, 4.69) is 10.3 Å². The summed E-state index contributed by atoms with van der Waals surface area (Å²) in [5.41, 5.74) is 3.54. The van der Waals surface area contributed by atoms with E-state index in [4.69, 9.17) is 0 Å². The van der Waals surface area contributed by atoms with Crippen LogP contribution in [-0.2, 0) is 4.79 Å². The van der Waals surface area contributed by atoms with Gasteiger partial charge in [-0.05, 0) is 50.1 Å². The summed E-state index contributed by atoms with van der Waals surface area (Å²) < 4.78 is 27.9. The zero-order valence-electron chi connectivity index (χ0n) is 14.7. The summed E-state index contributed by atoms with van der Waals surface area (Å²) in [7, 11) is 0. The molecular weight excluding hydrogens is 356 g/mol. The fraction of sp³-hybridized carbons (Fsp3) is 0.263. The van der Waals surface area contributed by atoms with E-state index in [0.29, 0.717) is 11.0 Å².